The number of rotatable bonds is 7. The smallest absolute Gasteiger partial charge is 0.329 e. The molecular weight excluding hydrogens is 356 g/mol. The van der Waals surface area contributed by atoms with E-state index in [0.717, 1.165) is 6.42 Å². The highest BCUT2D eigenvalue weighted by atomic mass is 32.1. The van der Waals surface area contributed by atoms with Crippen LogP contribution < -0.4 is 5.32 Å². The first kappa shape index (κ1) is 18.2. The number of hydrogen-bond acceptors (Lipinski definition) is 6. The largest absolute Gasteiger partial charge is 0.459 e. The average Bonchev–Trinajstić information content (AvgIpc) is 3.41. The molecule has 26 heavy (non-hydrogen) atoms. The van der Waals surface area contributed by atoms with Crippen LogP contribution in [0.4, 0.5) is 0 Å². The van der Waals surface area contributed by atoms with E-state index in [1.807, 2.05) is 17.5 Å². The third-order valence-corrected chi connectivity index (χ3v) is 5.07. The monoisotopic (exact) mass is 376 g/mol. The van der Waals surface area contributed by atoms with E-state index < -0.39 is 12.0 Å². The molecule has 2 amide bonds. The Morgan fingerprint density at radius 1 is 1.31 bits per heavy atom. The predicted molar refractivity (Wildman–Crippen MR) is 94.8 cm³/mol. The summed E-state index contributed by atoms with van der Waals surface area (Å²) in [6.45, 7) is 0.609. The van der Waals surface area contributed by atoms with Crippen molar-refractivity contribution < 1.29 is 23.5 Å². The van der Waals surface area contributed by atoms with E-state index in [1.165, 1.54) is 16.0 Å². The Kier molecular flexibility index (Phi) is 6.06. The summed E-state index contributed by atoms with van der Waals surface area (Å²) in [5.41, 5.74) is 0. The molecule has 2 aromatic rings. The summed E-state index contributed by atoms with van der Waals surface area (Å²) in [4.78, 5) is 39.1. The lowest BCUT2D eigenvalue weighted by Crippen LogP contribution is -2.42. The van der Waals surface area contributed by atoms with Gasteiger partial charge < -0.3 is 19.4 Å². The maximum absolute atomic E-state index is 12.4. The molecule has 0 bridgehead atoms. The van der Waals surface area contributed by atoms with E-state index in [9.17, 15) is 14.4 Å². The van der Waals surface area contributed by atoms with Crippen molar-refractivity contribution in [3.05, 3.63) is 46.5 Å². The number of nitrogens with one attached hydrogen (secondary N) is 1. The number of esters is 1. The summed E-state index contributed by atoms with van der Waals surface area (Å²) in [5, 5.41) is 4.70. The van der Waals surface area contributed by atoms with Gasteiger partial charge in [0, 0.05) is 18.0 Å². The zero-order chi connectivity index (χ0) is 18.4. The highest BCUT2D eigenvalue weighted by Gasteiger charge is 2.36. The van der Waals surface area contributed by atoms with Crippen LogP contribution in [0.1, 0.15) is 28.3 Å². The molecule has 1 atom stereocenters. The van der Waals surface area contributed by atoms with E-state index in [0.29, 0.717) is 25.9 Å². The number of thiophene rings is 1. The van der Waals surface area contributed by atoms with Crippen molar-refractivity contribution in [3.8, 4) is 0 Å². The fourth-order valence-corrected chi connectivity index (χ4v) is 3.57. The number of likely N-dealkylation sites (tertiary alicyclic amines) is 1. The zero-order valence-corrected chi connectivity index (χ0v) is 15.0. The topological polar surface area (TPSA) is 88.9 Å². The first-order valence-corrected chi connectivity index (χ1v) is 9.33. The van der Waals surface area contributed by atoms with Crippen LogP contribution in [0.2, 0.25) is 0 Å². The van der Waals surface area contributed by atoms with Crippen molar-refractivity contribution in [3.63, 3.8) is 0 Å². The Labute approximate surface area is 154 Å². The molecule has 3 heterocycles. The van der Waals surface area contributed by atoms with Crippen LogP contribution in [0.15, 0.2) is 40.3 Å². The molecule has 7 nitrogen and oxygen atoms in total. The third kappa shape index (κ3) is 4.51. The Bertz CT molecular complexity index is 742. The highest BCUT2D eigenvalue weighted by Crippen LogP contribution is 2.21. The number of ether oxygens (including phenoxy) is 1. The van der Waals surface area contributed by atoms with Crippen LogP contribution in [-0.2, 0) is 20.7 Å². The van der Waals surface area contributed by atoms with Gasteiger partial charge in [0.25, 0.3) is 11.8 Å². The van der Waals surface area contributed by atoms with Crippen molar-refractivity contribution in [2.75, 3.05) is 19.7 Å². The second kappa shape index (κ2) is 8.66. The van der Waals surface area contributed by atoms with Crippen molar-refractivity contribution in [2.45, 2.75) is 25.3 Å². The van der Waals surface area contributed by atoms with Crippen molar-refractivity contribution in [2.24, 2.45) is 0 Å². The van der Waals surface area contributed by atoms with E-state index in [-0.39, 0.29) is 24.2 Å². The summed E-state index contributed by atoms with van der Waals surface area (Å²) in [7, 11) is 0. The summed E-state index contributed by atoms with van der Waals surface area (Å²) in [5.74, 6) is -1.06. The lowest BCUT2D eigenvalue weighted by Gasteiger charge is -2.22. The van der Waals surface area contributed by atoms with E-state index in [2.05, 4.69) is 5.32 Å². The van der Waals surface area contributed by atoms with Crippen LogP contribution in [0.5, 0.6) is 0 Å². The Balaban J connectivity index is 1.43. The molecule has 0 saturated carbocycles. The second-order valence-corrected chi connectivity index (χ2v) is 6.95. The van der Waals surface area contributed by atoms with Gasteiger partial charge in [-0.3, -0.25) is 9.59 Å². The van der Waals surface area contributed by atoms with Gasteiger partial charge in [-0.15, -0.1) is 11.3 Å². The van der Waals surface area contributed by atoms with Gasteiger partial charge >= 0.3 is 5.97 Å². The molecule has 1 aliphatic heterocycles. The Morgan fingerprint density at radius 3 is 2.92 bits per heavy atom. The molecule has 0 aliphatic carbocycles. The fraction of sp³-hybridized carbons (Fsp3) is 0.389. The van der Waals surface area contributed by atoms with Gasteiger partial charge in [-0.25, -0.2) is 4.79 Å². The number of furan rings is 1. The molecule has 2 aromatic heterocycles. The third-order valence-electron chi connectivity index (χ3n) is 4.14. The number of hydrogen-bond donors (Lipinski definition) is 1. The molecule has 0 radical (unpaired) electrons. The van der Waals surface area contributed by atoms with Gasteiger partial charge in [-0.05, 0) is 42.8 Å². The molecule has 1 fully saturated rings. The van der Waals surface area contributed by atoms with E-state index >= 15 is 0 Å². The standard InChI is InChI=1S/C18H20N2O5S/c21-16(19-8-7-13-4-3-11-26-13)12-25-18(23)14-5-1-9-20(14)17(22)15-6-2-10-24-15/h2-4,6,10-11,14H,1,5,7-9,12H2,(H,19,21). The Morgan fingerprint density at radius 2 is 2.19 bits per heavy atom. The molecular formula is C18H20N2O5S. The summed E-state index contributed by atoms with van der Waals surface area (Å²) >= 11 is 1.63. The highest BCUT2D eigenvalue weighted by molar-refractivity contribution is 7.09. The van der Waals surface area contributed by atoms with E-state index in [1.54, 1.807) is 23.5 Å². The van der Waals surface area contributed by atoms with Gasteiger partial charge in [0.15, 0.2) is 12.4 Å². The van der Waals surface area contributed by atoms with Crippen molar-refractivity contribution in [1.82, 2.24) is 10.2 Å². The maximum atomic E-state index is 12.4. The van der Waals surface area contributed by atoms with Gasteiger partial charge in [-0.2, -0.15) is 0 Å². The number of amides is 2. The van der Waals surface area contributed by atoms with Gasteiger partial charge in [0.2, 0.25) is 0 Å². The summed E-state index contributed by atoms with van der Waals surface area (Å²) < 4.78 is 10.2. The number of carbonyl (C=O) groups excluding carboxylic acids is 3. The minimum atomic E-state index is -0.675. The fourth-order valence-electron chi connectivity index (χ4n) is 2.86. The molecule has 1 aliphatic rings. The molecule has 1 saturated heterocycles. The number of carbonyl (C=O) groups is 3. The summed E-state index contributed by atoms with van der Waals surface area (Å²) in [6.07, 6.45) is 3.38. The molecule has 1 N–H and O–H groups in total. The first-order chi connectivity index (χ1) is 12.6. The lowest BCUT2D eigenvalue weighted by atomic mass is 10.2. The van der Waals surface area contributed by atoms with Crippen molar-refractivity contribution in [1.29, 1.82) is 0 Å². The van der Waals surface area contributed by atoms with Crippen LogP contribution in [0.25, 0.3) is 0 Å². The quantitative estimate of drug-likeness (QED) is 0.745. The summed E-state index contributed by atoms with van der Waals surface area (Å²) in [6, 6.07) is 6.47. The van der Waals surface area contributed by atoms with Crippen LogP contribution in [-0.4, -0.2) is 48.4 Å². The van der Waals surface area contributed by atoms with E-state index in [4.69, 9.17) is 9.15 Å². The number of nitrogens with zero attached hydrogens (tertiary/aromatic N) is 1. The minimum absolute atomic E-state index is 0.191. The predicted octanol–water partition coefficient (Wildman–Crippen LogP) is 1.85. The van der Waals surface area contributed by atoms with Crippen molar-refractivity contribution >= 4 is 29.1 Å². The lowest BCUT2D eigenvalue weighted by molar-refractivity contribution is -0.152. The molecule has 8 heteroatoms. The van der Waals surface area contributed by atoms with Crippen LogP contribution in [0.3, 0.4) is 0 Å². The molecule has 0 spiro atoms. The first-order valence-electron chi connectivity index (χ1n) is 8.45. The van der Waals surface area contributed by atoms with Crippen LogP contribution in [0, 0.1) is 0 Å². The maximum Gasteiger partial charge on any atom is 0.329 e. The second-order valence-electron chi connectivity index (χ2n) is 5.92. The average molecular weight is 376 g/mol. The minimum Gasteiger partial charge on any atom is -0.459 e. The molecule has 0 aromatic carbocycles. The molecule has 138 valence electrons. The van der Waals surface area contributed by atoms with Gasteiger partial charge in [0.1, 0.15) is 6.04 Å². The zero-order valence-electron chi connectivity index (χ0n) is 14.2. The molecule has 3 rings (SSSR count). The Hall–Kier alpha value is -2.61. The van der Waals surface area contributed by atoms with Gasteiger partial charge in [0.05, 0.1) is 6.26 Å². The molecule has 1 unspecified atom stereocenters. The SMILES string of the molecule is O=C(COC(=O)C1CCCN1C(=O)c1ccco1)NCCc1cccs1. The van der Waals surface area contributed by atoms with Gasteiger partial charge in [-0.1, -0.05) is 6.07 Å². The normalized spacial score (nSPS) is 16.5. The van der Waals surface area contributed by atoms with Crippen LogP contribution >= 0.6 is 11.3 Å².